The number of rotatable bonds is 6. The molecule has 16 heavy (non-hydrogen) atoms. The van der Waals surface area contributed by atoms with Gasteiger partial charge in [0, 0.05) is 4.91 Å². The summed E-state index contributed by atoms with van der Waals surface area (Å²) in [7, 11) is 0. The first-order valence-electron chi connectivity index (χ1n) is 4.96. The number of benzene rings is 1. The van der Waals surface area contributed by atoms with Gasteiger partial charge in [-0.15, -0.1) is 6.42 Å². The quantitative estimate of drug-likeness (QED) is 0.236. The Morgan fingerprint density at radius 1 is 1.44 bits per heavy atom. The number of azide groups is 1. The van der Waals surface area contributed by atoms with Gasteiger partial charge in [0.15, 0.2) is 0 Å². The lowest BCUT2D eigenvalue weighted by molar-refractivity contribution is 0.151. The first-order chi connectivity index (χ1) is 7.86. The summed E-state index contributed by atoms with van der Waals surface area (Å²) in [6, 6.07) is 9.61. The highest BCUT2D eigenvalue weighted by atomic mass is 16.5. The third-order valence-corrected chi connectivity index (χ3v) is 2.02. The van der Waals surface area contributed by atoms with Gasteiger partial charge in [0.25, 0.3) is 0 Å². The lowest BCUT2D eigenvalue weighted by Crippen LogP contribution is -2.16. The van der Waals surface area contributed by atoms with Gasteiger partial charge >= 0.3 is 0 Å². The largest absolute Gasteiger partial charge is 0.368 e. The van der Waals surface area contributed by atoms with E-state index in [4.69, 9.17) is 16.7 Å². The number of hydrogen-bond acceptors (Lipinski definition) is 2. The molecule has 0 heterocycles. The van der Waals surface area contributed by atoms with Crippen LogP contribution >= 0.6 is 0 Å². The van der Waals surface area contributed by atoms with Gasteiger partial charge in [-0.3, -0.25) is 0 Å². The molecule has 1 rings (SSSR count). The molecule has 82 valence electrons. The summed E-state index contributed by atoms with van der Waals surface area (Å²) in [6.45, 7) is 0.593. The second kappa shape index (κ2) is 7.36. The molecule has 0 aliphatic rings. The normalized spacial score (nSPS) is 11.2. The molecule has 0 saturated carbocycles. The third kappa shape index (κ3) is 4.52. The molecule has 4 heteroatoms. The van der Waals surface area contributed by atoms with Gasteiger partial charge in [-0.25, -0.2) is 0 Å². The summed E-state index contributed by atoms with van der Waals surface area (Å²) in [6.07, 6.45) is 5.73. The third-order valence-electron chi connectivity index (χ3n) is 2.02. The van der Waals surface area contributed by atoms with Crippen LogP contribution in [-0.2, 0) is 11.2 Å². The molecule has 1 aromatic rings. The van der Waals surface area contributed by atoms with E-state index in [0.717, 1.165) is 5.56 Å². The van der Waals surface area contributed by atoms with Crippen molar-refractivity contribution in [1.29, 1.82) is 0 Å². The minimum atomic E-state index is -0.208. The lowest BCUT2D eigenvalue weighted by atomic mass is 10.1. The van der Waals surface area contributed by atoms with Crippen LogP contribution in [0.1, 0.15) is 5.56 Å². The van der Waals surface area contributed by atoms with Gasteiger partial charge in [-0.1, -0.05) is 41.4 Å². The van der Waals surface area contributed by atoms with E-state index in [-0.39, 0.29) is 12.6 Å². The van der Waals surface area contributed by atoms with Crippen molar-refractivity contribution in [3.05, 3.63) is 46.3 Å². The Balaban J connectivity index is 2.51. The van der Waals surface area contributed by atoms with Gasteiger partial charge in [0.1, 0.15) is 6.61 Å². The van der Waals surface area contributed by atoms with Crippen molar-refractivity contribution in [2.24, 2.45) is 5.11 Å². The van der Waals surface area contributed by atoms with Gasteiger partial charge in [0.05, 0.1) is 12.6 Å². The predicted molar refractivity (Wildman–Crippen MR) is 62.7 cm³/mol. The molecular weight excluding hydrogens is 202 g/mol. The van der Waals surface area contributed by atoms with E-state index in [1.165, 1.54) is 0 Å². The van der Waals surface area contributed by atoms with Crippen LogP contribution in [-0.4, -0.2) is 19.3 Å². The average molecular weight is 215 g/mol. The van der Waals surface area contributed by atoms with Crippen molar-refractivity contribution in [1.82, 2.24) is 0 Å². The Morgan fingerprint density at radius 3 is 2.81 bits per heavy atom. The van der Waals surface area contributed by atoms with Crippen molar-refractivity contribution in [2.75, 3.05) is 13.2 Å². The first-order valence-corrected chi connectivity index (χ1v) is 4.96. The molecule has 0 bridgehead atoms. The molecule has 0 aromatic heterocycles. The fourth-order valence-corrected chi connectivity index (χ4v) is 1.35. The SMILES string of the molecule is C#CCOC[C@H](Cc1ccccc1)N=[N+]=[N-]. The maximum Gasteiger partial charge on any atom is 0.107 e. The minimum absolute atomic E-state index is 0.208. The summed E-state index contributed by atoms with van der Waals surface area (Å²) in [5, 5.41) is 3.68. The number of hydrogen-bond donors (Lipinski definition) is 0. The fourth-order valence-electron chi connectivity index (χ4n) is 1.35. The summed E-state index contributed by atoms with van der Waals surface area (Å²) >= 11 is 0. The Kier molecular flexibility index (Phi) is 5.57. The van der Waals surface area contributed by atoms with E-state index < -0.39 is 0 Å². The zero-order chi connectivity index (χ0) is 11.6. The van der Waals surface area contributed by atoms with Gasteiger partial charge in [-0.2, -0.15) is 0 Å². The summed E-state index contributed by atoms with van der Waals surface area (Å²) < 4.78 is 5.17. The smallest absolute Gasteiger partial charge is 0.107 e. The molecule has 0 fully saturated rings. The van der Waals surface area contributed by atoms with Crippen molar-refractivity contribution < 1.29 is 4.74 Å². The Morgan fingerprint density at radius 2 is 2.19 bits per heavy atom. The Hall–Kier alpha value is -1.95. The monoisotopic (exact) mass is 215 g/mol. The molecule has 0 aliphatic carbocycles. The topological polar surface area (TPSA) is 58.0 Å². The Bertz CT molecular complexity index is 390. The number of nitrogens with zero attached hydrogens (tertiary/aromatic N) is 3. The van der Waals surface area contributed by atoms with E-state index in [1.807, 2.05) is 30.3 Å². The molecule has 0 aliphatic heterocycles. The maximum atomic E-state index is 8.43. The zero-order valence-electron chi connectivity index (χ0n) is 8.91. The van der Waals surface area contributed by atoms with Crippen molar-refractivity contribution in [3.63, 3.8) is 0 Å². The second-order valence-electron chi connectivity index (χ2n) is 3.27. The van der Waals surface area contributed by atoms with Crippen LogP contribution in [0.4, 0.5) is 0 Å². The highest BCUT2D eigenvalue weighted by molar-refractivity contribution is 5.15. The molecule has 0 amide bonds. The first kappa shape index (κ1) is 12.1. The zero-order valence-corrected chi connectivity index (χ0v) is 8.91. The van der Waals surface area contributed by atoms with Crippen LogP contribution < -0.4 is 0 Å². The van der Waals surface area contributed by atoms with Crippen LogP contribution in [0.5, 0.6) is 0 Å². The van der Waals surface area contributed by atoms with Crippen molar-refractivity contribution in [2.45, 2.75) is 12.5 Å². The van der Waals surface area contributed by atoms with Crippen LogP contribution in [0.25, 0.3) is 10.4 Å². The minimum Gasteiger partial charge on any atom is -0.368 e. The fraction of sp³-hybridized carbons (Fsp3) is 0.333. The summed E-state index contributed by atoms with van der Waals surface area (Å²) in [4.78, 5) is 2.80. The average Bonchev–Trinajstić information content (AvgIpc) is 2.31. The van der Waals surface area contributed by atoms with E-state index in [2.05, 4.69) is 15.9 Å². The van der Waals surface area contributed by atoms with Crippen molar-refractivity contribution in [3.8, 4) is 12.3 Å². The van der Waals surface area contributed by atoms with Gasteiger partial charge in [-0.05, 0) is 17.5 Å². The van der Waals surface area contributed by atoms with Crippen LogP contribution in [0.3, 0.4) is 0 Å². The second-order valence-corrected chi connectivity index (χ2v) is 3.27. The van der Waals surface area contributed by atoms with E-state index in [0.29, 0.717) is 13.0 Å². The van der Waals surface area contributed by atoms with Gasteiger partial charge < -0.3 is 4.74 Å². The predicted octanol–water partition coefficient (Wildman–Crippen LogP) is 2.56. The van der Waals surface area contributed by atoms with E-state index in [1.54, 1.807) is 0 Å². The van der Waals surface area contributed by atoms with Crippen molar-refractivity contribution >= 4 is 0 Å². The van der Waals surface area contributed by atoms with Crippen LogP contribution in [0.2, 0.25) is 0 Å². The molecule has 1 aromatic carbocycles. The highest BCUT2D eigenvalue weighted by Gasteiger charge is 2.07. The maximum absolute atomic E-state index is 8.43. The molecule has 1 atom stereocenters. The molecule has 4 nitrogen and oxygen atoms in total. The summed E-state index contributed by atoms with van der Waals surface area (Å²) in [5.41, 5.74) is 9.55. The molecule has 0 spiro atoms. The summed E-state index contributed by atoms with van der Waals surface area (Å²) in [5.74, 6) is 2.37. The highest BCUT2D eigenvalue weighted by Crippen LogP contribution is 2.06. The lowest BCUT2D eigenvalue weighted by Gasteiger charge is -2.10. The van der Waals surface area contributed by atoms with E-state index in [9.17, 15) is 0 Å². The van der Waals surface area contributed by atoms with Crippen LogP contribution in [0.15, 0.2) is 35.4 Å². The van der Waals surface area contributed by atoms with Gasteiger partial charge in [0.2, 0.25) is 0 Å². The molecule has 0 radical (unpaired) electrons. The van der Waals surface area contributed by atoms with Crippen LogP contribution in [0, 0.1) is 12.3 Å². The van der Waals surface area contributed by atoms with E-state index >= 15 is 0 Å². The number of terminal acetylenes is 1. The molecule has 0 saturated heterocycles. The molecular formula is C12H13N3O. The standard InChI is InChI=1S/C12H13N3O/c1-2-8-16-10-12(14-15-13)9-11-6-4-3-5-7-11/h1,3-7,12H,8-10H2/t12-/m0/s1. The molecule has 0 unspecified atom stereocenters. The Labute approximate surface area is 94.9 Å². The number of ether oxygens (including phenoxy) is 1. The molecule has 0 N–H and O–H groups in total.